The number of aromatic nitrogens is 1. The van der Waals surface area contributed by atoms with Crippen LogP contribution < -0.4 is 5.32 Å². The molecule has 2 atom stereocenters. The lowest BCUT2D eigenvalue weighted by Crippen LogP contribution is -2.41. The number of aliphatic hydroxyl groups is 1. The Hall–Kier alpha value is -1.66. The largest absolute Gasteiger partial charge is 0.391 e. The van der Waals surface area contributed by atoms with E-state index in [-0.39, 0.29) is 11.9 Å². The van der Waals surface area contributed by atoms with Crippen LogP contribution in [0.5, 0.6) is 0 Å². The third-order valence-electron chi connectivity index (χ3n) is 3.59. The molecule has 116 valence electrons. The van der Waals surface area contributed by atoms with Crippen LogP contribution in [0.2, 0.25) is 0 Å². The first-order chi connectivity index (χ1) is 10.0. The summed E-state index contributed by atoms with van der Waals surface area (Å²) in [7, 11) is 3.94. The van der Waals surface area contributed by atoms with Crippen LogP contribution in [0.15, 0.2) is 18.3 Å². The second-order valence-electron chi connectivity index (χ2n) is 5.73. The lowest BCUT2D eigenvalue weighted by Gasteiger charge is -2.26. The third-order valence-corrected chi connectivity index (χ3v) is 3.59. The highest BCUT2D eigenvalue weighted by molar-refractivity contribution is 5.93. The zero-order chi connectivity index (χ0) is 15.4. The van der Waals surface area contributed by atoms with Crippen LogP contribution in [0.3, 0.4) is 0 Å². The number of anilines is 1. The Morgan fingerprint density at radius 2 is 2.29 bits per heavy atom. The van der Waals surface area contributed by atoms with Gasteiger partial charge >= 0.3 is 0 Å². The summed E-state index contributed by atoms with van der Waals surface area (Å²) < 4.78 is 0. The molecule has 0 aliphatic carbocycles. The fourth-order valence-corrected chi connectivity index (χ4v) is 2.71. The van der Waals surface area contributed by atoms with Gasteiger partial charge in [0, 0.05) is 25.7 Å². The van der Waals surface area contributed by atoms with E-state index in [4.69, 9.17) is 0 Å². The van der Waals surface area contributed by atoms with Crippen LogP contribution in [-0.2, 0) is 0 Å². The van der Waals surface area contributed by atoms with Crippen molar-refractivity contribution in [3.05, 3.63) is 24.0 Å². The molecule has 0 spiro atoms. The number of nitrogens with one attached hydrogen (secondary N) is 1. The van der Waals surface area contributed by atoms with Crippen molar-refractivity contribution in [2.24, 2.45) is 0 Å². The number of aliphatic hydroxyl groups excluding tert-OH is 1. The van der Waals surface area contributed by atoms with Crippen LogP contribution in [-0.4, -0.2) is 71.7 Å². The number of pyridine rings is 1. The molecule has 1 amide bonds. The quantitative estimate of drug-likeness (QED) is 0.834. The SMILES string of the molecule is CCNc1ccc(C(=O)N2CC(O)CC2CN(C)C)nc1. The Bertz CT molecular complexity index is 475. The minimum absolute atomic E-state index is 0.0396. The highest BCUT2D eigenvalue weighted by atomic mass is 16.3. The van der Waals surface area contributed by atoms with Crippen molar-refractivity contribution < 1.29 is 9.90 Å². The standard InChI is InChI=1S/C15H24N4O2/c1-4-16-11-5-6-14(17-8-11)15(21)19-10-13(20)7-12(19)9-18(2)3/h5-6,8,12-13,16,20H,4,7,9-10H2,1-3H3. The number of hydrogen-bond donors (Lipinski definition) is 2. The van der Waals surface area contributed by atoms with E-state index in [2.05, 4.69) is 10.3 Å². The molecule has 1 aliphatic rings. The van der Waals surface area contributed by atoms with Crippen LogP contribution in [0, 0.1) is 0 Å². The highest BCUT2D eigenvalue weighted by Crippen LogP contribution is 2.21. The number of rotatable bonds is 5. The Morgan fingerprint density at radius 3 is 2.86 bits per heavy atom. The van der Waals surface area contributed by atoms with Crippen molar-refractivity contribution >= 4 is 11.6 Å². The molecule has 1 aromatic heterocycles. The summed E-state index contributed by atoms with van der Waals surface area (Å²) in [6, 6.07) is 3.63. The monoisotopic (exact) mass is 292 g/mol. The molecule has 0 saturated carbocycles. The summed E-state index contributed by atoms with van der Waals surface area (Å²) >= 11 is 0. The number of amides is 1. The van der Waals surface area contributed by atoms with E-state index in [0.29, 0.717) is 18.7 Å². The van der Waals surface area contributed by atoms with E-state index in [9.17, 15) is 9.90 Å². The van der Waals surface area contributed by atoms with Gasteiger partial charge in [-0.2, -0.15) is 0 Å². The molecule has 6 nitrogen and oxygen atoms in total. The van der Waals surface area contributed by atoms with Gasteiger partial charge in [-0.1, -0.05) is 0 Å². The summed E-state index contributed by atoms with van der Waals surface area (Å²) in [5.74, 6) is -0.110. The van der Waals surface area contributed by atoms with Crippen LogP contribution in [0.1, 0.15) is 23.8 Å². The van der Waals surface area contributed by atoms with Crippen molar-refractivity contribution in [3.63, 3.8) is 0 Å². The van der Waals surface area contributed by atoms with Gasteiger partial charge in [-0.05, 0) is 39.6 Å². The zero-order valence-electron chi connectivity index (χ0n) is 12.9. The average molecular weight is 292 g/mol. The maximum Gasteiger partial charge on any atom is 0.272 e. The fraction of sp³-hybridized carbons (Fsp3) is 0.600. The van der Waals surface area contributed by atoms with Crippen LogP contribution in [0.25, 0.3) is 0 Å². The van der Waals surface area contributed by atoms with Gasteiger partial charge in [0.1, 0.15) is 5.69 Å². The van der Waals surface area contributed by atoms with Crippen molar-refractivity contribution in [2.45, 2.75) is 25.5 Å². The second kappa shape index (κ2) is 6.87. The van der Waals surface area contributed by atoms with Crippen LogP contribution >= 0.6 is 0 Å². The Kier molecular flexibility index (Phi) is 5.14. The van der Waals surface area contributed by atoms with Gasteiger partial charge in [0.05, 0.1) is 18.0 Å². The molecule has 2 unspecified atom stereocenters. The number of carbonyl (C=O) groups is 1. The first-order valence-electron chi connectivity index (χ1n) is 7.35. The van der Waals surface area contributed by atoms with Crippen molar-refractivity contribution in [1.29, 1.82) is 0 Å². The van der Waals surface area contributed by atoms with Gasteiger partial charge in [-0.3, -0.25) is 4.79 Å². The summed E-state index contributed by atoms with van der Waals surface area (Å²) in [6.45, 7) is 3.96. The van der Waals surface area contributed by atoms with Gasteiger partial charge in [0.25, 0.3) is 5.91 Å². The van der Waals surface area contributed by atoms with Gasteiger partial charge < -0.3 is 20.2 Å². The van der Waals surface area contributed by atoms with E-state index in [1.54, 1.807) is 17.2 Å². The number of β-amino-alcohol motifs (C(OH)–C–C–N with tert-alkyl or cyclic N) is 1. The number of carbonyl (C=O) groups excluding carboxylic acids is 1. The smallest absolute Gasteiger partial charge is 0.272 e. The first-order valence-corrected chi connectivity index (χ1v) is 7.35. The number of hydrogen-bond acceptors (Lipinski definition) is 5. The van der Waals surface area contributed by atoms with E-state index in [0.717, 1.165) is 18.8 Å². The van der Waals surface area contributed by atoms with Gasteiger partial charge in [0.15, 0.2) is 0 Å². The molecule has 1 aromatic rings. The van der Waals surface area contributed by atoms with E-state index in [1.807, 2.05) is 32.0 Å². The summed E-state index contributed by atoms with van der Waals surface area (Å²) in [5.41, 5.74) is 1.33. The number of likely N-dealkylation sites (tertiary alicyclic amines) is 1. The van der Waals surface area contributed by atoms with Gasteiger partial charge in [-0.25, -0.2) is 4.98 Å². The lowest BCUT2D eigenvalue weighted by atomic mass is 10.2. The normalized spacial score (nSPS) is 21.9. The first kappa shape index (κ1) is 15.7. The number of nitrogens with zero attached hydrogens (tertiary/aromatic N) is 3. The zero-order valence-corrected chi connectivity index (χ0v) is 12.9. The second-order valence-corrected chi connectivity index (χ2v) is 5.73. The van der Waals surface area contributed by atoms with Gasteiger partial charge in [-0.15, -0.1) is 0 Å². The Labute approximate surface area is 125 Å². The van der Waals surface area contributed by atoms with E-state index in [1.165, 1.54) is 0 Å². The van der Waals surface area contributed by atoms with E-state index >= 15 is 0 Å². The minimum Gasteiger partial charge on any atom is -0.391 e. The predicted octanol–water partition coefficient (Wildman–Crippen LogP) is 0.650. The Balaban J connectivity index is 2.10. The molecule has 2 N–H and O–H groups in total. The highest BCUT2D eigenvalue weighted by Gasteiger charge is 2.35. The summed E-state index contributed by atoms with van der Waals surface area (Å²) in [4.78, 5) is 20.6. The average Bonchev–Trinajstić information content (AvgIpc) is 2.79. The molecule has 21 heavy (non-hydrogen) atoms. The Morgan fingerprint density at radius 1 is 1.52 bits per heavy atom. The molecule has 2 rings (SSSR count). The molecule has 1 aliphatic heterocycles. The fourth-order valence-electron chi connectivity index (χ4n) is 2.71. The predicted molar refractivity (Wildman–Crippen MR) is 82.4 cm³/mol. The molecular formula is C15H24N4O2. The molecule has 0 aromatic carbocycles. The molecule has 2 heterocycles. The van der Waals surface area contributed by atoms with Crippen molar-refractivity contribution in [1.82, 2.24) is 14.8 Å². The lowest BCUT2D eigenvalue weighted by molar-refractivity contribution is 0.0693. The van der Waals surface area contributed by atoms with Crippen molar-refractivity contribution in [2.75, 3.05) is 39.0 Å². The molecule has 0 radical (unpaired) electrons. The number of likely N-dealkylation sites (N-methyl/N-ethyl adjacent to an activating group) is 1. The van der Waals surface area contributed by atoms with Crippen LogP contribution in [0.4, 0.5) is 5.69 Å². The van der Waals surface area contributed by atoms with Crippen molar-refractivity contribution in [3.8, 4) is 0 Å². The molecular weight excluding hydrogens is 268 g/mol. The topological polar surface area (TPSA) is 68.7 Å². The van der Waals surface area contributed by atoms with Gasteiger partial charge in [0.2, 0.25) is 0 Å². The third kappa shape index (κ3) is 3.92. The molecule has 1 fully saturated rings. The maximum absolute atomic E-state index is 12.6. The maximum atomic E-state index is 12.6. The summed E-state index contributed by atoms with van der Waals surface area (Å²) in [5, 5.41) is 13.0. The molecule has 6 heteroatoms. The molecule has 1 saturated heterocycles. The van der Waals surface area contributed by atoms with E-state index < -0.39 is 6.10 Å². The summed E-state index contributed by atoms with van der Waals surface area (Å²) in [6.07, 6.45) is 1.85. The molecule has 0 bridgehead atoms. The minimum atomic E-state index is -0.445.